The molecule has 24 heavy (non-hydrogen) atoms. The molecule has 8 nitrogen and oxygen atoms in total. The predicted molar refractivity (Wildman–Crippen MR) is 90.1 cm³/mol. The molecule has 0 unspecified atom stereocenters. The van der Waals surface area contributed by atoms with Gasteiger partial charge in [-0.3, -0.25) is 4.68 Å². The molecule has 0 aliphatic carbocycles. The number of nitrogens with zero attached hydrogens (tertiary/aromatic N) is 7. The lowest BCUT2D eigenvalue weighted by Gasteiger charge is -2.26. The molecule has 0 radical (unpaired) electrons. The number of rotatable bonds is 3. The summed E-state index contributed by atoms with van der Waals surface area (Å²) in [5, 5.41) is 9.84. The zero-order valence-corrected chi connectivity index (χ0v) is 14.4. The van der Waals surface area contributed by atoms with E-state index in [1.807, 2.05) is 27.2 Å². The fourth-order valence-electron chi connectivity index (χ4n) is 3.78. The first kappa shape index (κ1) is 14.9. The Morgan fingerprint density at radius 2 is 2.04 bits per heavy atom. The summed E-state index contributed by atoms with van der Waals surface area (Å²) in [6, 6.07) is 0.201. The normalized spacial score (nSPS) is 17.8. The Morgan fingerprint density at radius 3 is 2.83 bits per heavy atom. The van der Waals surface area contributed by atoms with Crippen molar-refractivity contribution in [3.05, 3.63) is 23.8 Å². The minimum atomic E-state index is 0.201. The van der Waals surface area contributed by atoms with Crippen LogP contribution >= 0.6 is 0 Å². The molecule has 0 amide bonds. The number of hydrogen-bond acceptors (Lipinski definition) is 6. The first-order chi connectivity index (χ1) is 11.6. The topological polar surface area (TPSA) is 73.9 Å². The Kier molecular flexibility index (Phi) is 3.40. The van der Waals surface area contributed by atoms with Crippen molar-refractivity contribution in [2.75, 3.05) is 18.6 Å². The van der Waals surface area contributed by atoms with Gasteiger partial charge in [-0.25, -0.2) is 14.6 Å². The molecule has 8 heteroatoms. The third-order valence-electron chi connectivity index (χ3n) is 4.77. The van der Waals surface area contributed by atoms with Crippen molar-refractivity contribution in [1.29, 1.82) is 0 Å². The smallest absolute Gasteiger partial charge is 0.216 e. The van der Waals surface area contributed by atoms with Crippen LogP contribution in [-0.4, -0.2) is 43.2 Å². The van der Waals surface area contributed by atoms with Crippen LogP contribution in [0.1, 0.15) is 30.1 Å². The molecule has 1 atom stereocenters. The molecule has 3 aromatic heterocycles. The van der Waals surface area contributed by atoms with Crippen molar-refractivity contribution in [2.45, 2.75) is 25.8 Å². The van der Waals surface area contributed by atoms with Gasteiger partial charge >= 0.3 is 0 Å². The molecule has 3 aromatic rings. The Labute approximate surface area is 140 Å². The molecule has 126 valence electrons. The van der Waals surface area contributed by atoms with Crippen LogP contribution in [0.15, 0.2) is 12.5 Å². The van der Waals surface area contributed by atoms with E-state index in [1.54, 1.807) is 22.8 Å². The number of aromatic nitrogens is 6. The molecule has 1 fully saturated rings. The highest BCUT2D eigenvalue weighted by Gasteiger charge is 2.34. The Balaban J connectivity index is 1.84. The predicted octanol–water partition coefficient (Wildman–Crippen LogP) is 1.76. The molecule has 4 rings (SSSR count). The van der Waals surface area contributed by atoms with E-state index in [9.17, 15) is 0 Å². The lowest BCUT2D eigenvalue weighted by atomic mass is 10.0. The molecule has 1 aliphatic rings. The largest absolute Gasteiger partial charge is 0.481 e. The lowest BCUT2D eigenvalue weighted by Crippen LogP contribution is -2.24. The number of ether oxygens (including phenoxy) is 1. The Bertz CT molecular complexity index is 897. The maximum Gasteiger partial charge on any atom is 0.216 e. The van der Waals surface area contributed by atoms with Crippen molar-refractivity contribution >= 4 is 16.9 Å². The van der Waals surface area contributed by atoms with Crippen LogP contribution in [0.4, 0.5) is 5.82 Å². The van der Waals surface area contributed by atoms with E-state index in [4.69, 9.17) is 4.74 Å². The number of methoxy groups -OCH3 is 1. The summed E-state index contributed by atoms with van der Waals surface area (Å²) in [5.41, 5.74) is 3.00. The average Bonchev–Trinajstić information content (AvgIpc) is 3.25. The first-order valence-corrected chi connectivity index (χ1v) is 8.08. The highest BCUT2D eigenvalue weighted by molar-refractivity contribution is 5.87. The highest BCUT2D eigenvalue weighted by atomic mass is 16.5. The van der Waals surface area contributed by atoms with Crippen LogP contribution in [0.2, 0.25) is 0 Å². The van der Waals surface area contributed by atoms with Gasteiger partial charge in [0.1, 0.15) is 12.1 Å². The Morgan fingerprint density at radius 1 is 1.21 bits per heavy atom. The zero-order chi connectivity index (χ0) is 16.8. The number of fused-ring (bicyclic) bond motifs is 1. The number of hydrogen-bond donors (Lipinski definition) is 0. The molecular weight excluding hydrogens is 306 g/mol. The number of anilines is 1. The van der Waals surface area contributed by atoms with Crippen LogP contribution in [0.3, 0.4) is 0 Å². The van der Waals surface area contributed by atoms with Crippen molar-refractivity contribution in [3.63, 3.8) is 0 Å². The van der Waals surface area contributed by atoms with Crippen LogP contribution in [-0.2, 0) is 14.1 Å². The molecule has 4 heterocycles. The second-order valence-electron chi connectivity index (χ2n) is 6.19. The van der Waals surface area contributed by atoms with E-state index < -0.39 is 0 Å². The summed E-state index contributed by atoms with van der Waals surface area (Å²) in [4.78, 5) is 11.2. The molecule has 0 N–H and O–H groups in total. The monoisotopic (exact) mass is 327 g/mol. The van der Waals surface area contributed by atoms with Gasteiger partial charge in [0.2, 0.25) is 5.88 Å². The van der Waals surface area contributed by atoms with E-state index in [0.29, 0.717) is 0 Å². The van der Waals surface area contributed by atoms with Gasteiger partial charge in [0.25, 0.3) is 0 Å². The molecule has 0 spiro atoms. The van der Waals surface area contributed by atoms with Gasteiger partial charge in [0.15, 0.2) is 5.65 Å². The minimum absolute atomic E-state index is 0.201. The summed E-state index contributed by atoms with van der Waals surface area (Å²) < 4.78 is 9.20. The fraction of sp³-hybridized carbons (Fsp3) is 0.500. The molecule has 0 saturated carbocycles. The van der Waals surface area contributed by atoms with E-state index in [2.05, 4.69) is 25.1 Å². The molecule has 0 bridgehead atoms. The fourth-order valence-corrected chi connectivity index (χ4v) is 3.78. The van der Waals surface area contributed by atoms with E-state index in [-0.39, 0.29) is 6.04 Å². The summed E-state index contributed by atoms with van der Waals surface area (Å²) in [5.74, 6) is 1.75. The van der Waals surface area contributed by atoms with Crippen LogP contribution in [0.5, 0.6) is 5.88 Å². The second-order valence-corrected chi connectivity index (χ2v) is 6.19. The minimum Gasteiger partial charge on any atom is -0.481 e. The summed E-state index contributed by atoms with van der Waals surface area (Å²) >= 11 is 0. The molecule has 1 saturated heterocycles. The molecule has 1 aliphatic heterocycles. The third kappa shape index (κ3) is 2.05. The van der Waals surface area contributed by atoms with Crippen molar-refractivity contribution in [1.82, 2.24) is 29.5 Å². The summed E-state index contributed by atoms with van der Waals surface area (Å²) in [6.07, 6.45) is 5.61. The van der Waals surface area contributed by atoms with Gasteiger partial charge in [-0.1, -0.05) is 0 Å². The lowest BCUT2D eigenvalue weighted by molar-refractivity contribution is 0.366. The SMILES string of the molecule is COc1c([C@H]2CCCN2c2ncnc3c2cnn3C)c(C)nn1C. The van der Waals surface area contributed by atoms with Gasteiger partial charge < -0.3 is 9.64 Å². The molecular formula is C16H21N7O. The average molecular weight is 327 g/mol. The van der Waals surface area contributed by atoms with Crippen molar-refractivity contribution in [2.24, 2.45) is 14.1 Å². The highest BCUT2D eigenvalue weighted by Crippen LogP contribution is 2.42. The van der Waals surface area contributed by atoms with E-state index in [0.717, 1.165) is 53.4 Å². The van der Waals surface area contributed by atoms with Gasteiger partial charge in [0, 0.05) is 20.6 Å². The zero-order valence-electron chi connectivity index (χ0n) is 14.4. The summed E-state index contributed by atoms with van der Waals surface area (Å²) in [7, 11) is 5.51. The van der Waals surface area contributed by atoms with Crippen LogP contribution in [0.25, 0.3) is 11.0 Å². The first-order valence-electron chi connectivity index (χ1n) is 8.08. The Hall–Kier alpha value is -2.64. The van der Waals surface area contributed by atoms with E-state index in [1.165, 1.54) is 0 Å². The van der Waals surface area contributed by atoms with Gasteiger partial charge in [-0.15, -0.1) is 0 Å². The van der Waals surface area contributed by atoms with Gasteiger partial charge in [-0.05, 0) is 19.8 Å². The number of aryl methyl sites for hydroxylation is 3. The second kappa shape index (κ2) is 5.47. The van der Waals surface area contributed by atoms with Crippen molar-refractivity contribution in [3.8, 4) is 5.88 Å². The van der Waals surface area contributed by atoms with E-state index >= 15 is 0 Å². The maximum atomic E-state index is 5.61. The summed E-state index contributed by atoms with van der Waals surface area (Å²) in [6.45, 7) is 2.98. The van der Waals surface area contributed by atoms with Gasteiger partial charge in [-0.2, -0.15) is 10.2 Å². The third-order valence-corrected chi connectivity index (χ3v) is 4.77. The quantitative estimate of drug-likeness (QED) is 0.730. The van der Waals surface area contributed by atoms with Gasteiger partial charge in [0.05, 0.1) is 36.0 Å². The molecule has 0 aromatic carbocycles. The van der Waals surface area contributed by atoms with Crippen LogP contribution < -0.4 is 9.64 Å². The van der Waals surface area contributed by atoms with Crippen molar-refractivity contribution < 1.29 is 4.74 Å². The van der Waals surface area contributed by atoms with Crippen LogP contribution in [0, 0.1) is 6.92 Å². The standard InChI is InChI=1S/C16H21N7O/c1-10-13(16(24-4)22(3)20-10)12-6-5-7-23(12)15-11-8-19-21(2)14(11)17-9-18-15/h8-9,12H,5-7H2,1-4H3/t12-/m1/s1. The maximum absolute atomic E-state index is 5.61.